The molecule has 0 amide bonds. The molecule has 0 saturated heterocycles. The second-order valence-electron chi connectivity index (χ2n) is 8.00. The van der Waals surface area contributed by atoms with Crippen LogP contribution in [0.5, 0.6) is 0 Å². The summed E-state index contributed by atoms with van der Waals surface area (Å²) >= 11 is 0. The average molecular weight is 280 g/mol. The van der Waals surface area contributed by atoms with E-state index < -0.39 is 11.8 Å². The van der Waals surface area contributed by atoms with E-state index in [9.17, 15) is 9.59 Å². The number of ether oxygens (including phenoxy) is 2. The standard InChI is InChI=1S/C16H24O4/c1-15(2,3)20-14(18)19-9-16-6-10-4-11(7-16)13(17)12(5-10)8-16/h10-12H,4-9H2,1-3H3. The maximum absolute atomic E-state index is 12.1. The van der Waals surface area contributed by atoms with Crippen LogP contribution in [0.1, 0.15) is 52.9 Å². The average Bonchev–Trinajstić information content (AvgIpc) is 2.30. The Balaban J connectivity index is 1.61. The van der Waals surface area contributed by atoms with Crippen LogP contribution < -0.4 is 0 Å². The Morgan fingerprint density at radius 2 is 1.80 bits per heavy atom. The van der Waals surface area contributed by atoms with Crippen molar-refractivity contribution in [3.63, 3.8) is 0 Å². The zero-order valence-electron chi connectivity index (χ0n) is 12.6. The fourth-order valence-electron chi connectivity index (χ4n) is 4.58. The summed E-state index contributed by atoms with van der Waals surface area (Å²) in [4.78, 5) is 23.8. The molecule has 4 rings (SSSR count). The summed E-state index contributed by atoms with van der Waals surface area (Å²) < 4.78 is 10.6. The fraction of sp³-hybridized carbons (Fsp3) is 0.875. The van der Waals surface area contributed by atoms with E-state index in [-0.39, 0.29) is 17.3 Å². The number of hydrogen-bond donors (Lipinski definition) is 0. The fourth-order valence-corrected chi connectivity index (χ4v) is 4.58. The molecule has 4 bridgehead atoms. The van der Waals surface area contributed by atoms with Crippen LogP contribution in [0.25, 0.3) is 0 Å². The van der Waals surface area contributed by atoms with Gasteiger partial charge in [-0.15, -0.1) is 0 Å². The van der Waals surface area contributed by atoms with Crippen LogP contribution in [0.15, 0.2) is 0 Å². The Morgan fingerprint density at radius 1 is 1.20 bits per heavy atom. The molecular formula is C16H24O4. The third kappa shape index (κ3) is 2.57. The zero-order chi connectivity index (χ0) is 14.5. The lowest BCUT2D eigenvalue weighted by atomic mass is 9.49. The van der Waals surface area contributed by atoms with Crippen molar-refractivity contribution in [3.8, 4) is 0 Å². The maximum Gasteiger partial charge on any atom is 0.508 e. The van der Waals surface area contributed by atoms with Crippen LogP contribution in [-0.4, -0.2) is 24.1 Å². The molecule has 0 aromatic rings. The lowest BCUT2D eigenvalue weighted by Gasteiger charge is -2.55. The molecule has 20 heavy (non-hydrogen) atoms. The summed E-state index contributed by atoms with van der Waals surface area (Å²) in [7, 11) is 0. The molecule has 2 atom stereocenters. The quantitative estimate of drug-likeness (QED) is 0.728. The Labute approximate surface area is 120 Å². The maximum atomic E-state index is 12.1. The first-order valence-corrected chi connectivity index (χ1v) is 7.66. The molecule has 0 aromatic heterocycles. The number of hydrogen-bond acceptors (Lipinski definition) is 4. The zero-order valence-corrected chi connectivity index (χ0v) is 12.6. The lowest BCUT2D eigenvalue weighted by molar-refractivity contribution is -0.152. The summed E-state index contributed by atoms with van der Waals surface area (Å²) in [5, 5.41) is 0. The van der Waals surface area contributed by atoms with Crippen LogP contribution in [0.2, 0.25) is 0 Å². The molecule has 0 heterocycles. The molecule has 0 radical (unpaired) electrons. The molecule has 4 nitrogen and oxygen atoms in total. The van der Waals surface area contributed by atoms with E-state index in [0.717, 1.165) is 32.1 Å². The van der Waals surface area contributed by atoms with Crippen molar-refractivity contribution in [3.05, 3.63) is 0 Å². The van der Waals surface area contributed by atoms with E-state index in [4.69, 9.17) is 9.47 Å². The molecule has 0 N–H and O–H groups in total. The summed E-state index contributed by atoms with van der Waals surface area (Å²) in [6.07, 6.45) is 4.45. The number of carbonyl (C=O) groups excluding carboxylic acids is 2. The number of Topliss-reactive ketones (excluding diaryl/α,β-unsaturated/α-hetero) is 1. The van der Waals surface area contributed by atoms with E-state index in [1.807, 2.05) is 20.8 Å². The predicted molar refractivity (Wildman–Crippen MR) is 73.2 cm³/mol. The summed E-state index contributed by atoms with van der Waals surface area (Å²) in [6.45, 7) is 5.91. The van der Waals surface area contributed by atoms with E-state index in [1.165, 1.54) is 0 Å². The van der Waals surface area contributed by atoms with Gasteiger partial charge in [-0.1, -0.05) is 0 Å². The Bertz CT molecular complexity index is 416. The minimum Gasteiger partial charge on any atom is -0.434 e. The van der Waals surface area contributed by atoms with Crippen LogP contribution in [0, 0.1) is 23.2 Å². The summed E-state index contributed by atoms with van der Waals surface area (Å²) in [6, 6.07) is 0. The second kappa shape index (κ2) is 4.47. The van der Waals surface area contributed by atoms with Gasteiger partial charge in [0, 0.05) is 17.3 Å². The van der Waals surface area contributed by atoms with Gasteiger partial charge >= 0.3 is 6.16 Å². The molecule has 112 valence electrons. The summed E-state index contributed by atoms with van der Waals surface area (Å²) in [5.41, 5.74) is -0.476. The summed E-state index contributed by atoms with van der Waals surface area (Å²) in [5.74, 6) is 1.58. The number of carbonyl (C=O) groups is 2. The largest absolute Gasteiger partial charge is 0.508 e. The van der Waals surface area contributed by atoms with E-state index in [1.54, 1.807) is 0 Å². The third-order valence-electron chi connectivity index (χ3n) is 5.01. The van der Waals surface area contributed by atoms with Crippen molar-refractivity contribution < 1.29 is 19.1 Å². The monoisotopic (exact) mass is 280 g/mol. The Morgan fingerprint density at radius 3 is 2.35 bits per heavy atom. The first-order chi connectivity index (χ1) is 9.26. The van der Waals surface area contributed by atoms with Gasteiger partial charge < -0.3 is 9.47 Å². The highest BCUT2D eigenvalue weighted by atomic mass is 16.7. The van der Waals surface area contributed by atoms with Gasteiger partial charge in [0.25, 0.3) is 0 Å². The molecule has 4 aliphatic rings. The highest BCUT2D eigenvalue weighted by Gasteiger charge is 2.55. The van der Waals surface area contributed by atoms with E-state index in [2.05, 4.69) is 0 Å². The van der Waals surface area contributed by atoms with Gasteiger partial charge in [-0.05, 0) is 58.8 Å². The Hall–Kier alpha value is -1.06. The van der Waals surface area contributed by atoms with Gasteiger partial charge in [0.05, 0.1) is 0 Å². The van der Waals surface area contributed by atoms with Crippen molar-refractivity contribution in [2.45, 2.75) is 58.5 Å². The highest BCUT2D eigenvalue weighted by Crippen LogP contribution is 2.58. The predicted octanol–water partition coefficient (Wildman–Crippen LogP) is 3.33. The van der Waals surface area contributed by atoms with Crippen molar-refractivity contribution in [1.82, 2.24) is 0 Å². The normalized spacial score (nSPS) is 39.0. The van der Waals surface area contributed by atoms with Crippen LogP contribution in [0.3, 0.4) is 0 Å². The van der Waals surface area contributed by atoms with Crippen molar-refractivity contribution in [2.24, 2.45) is 23.2 Å². The molecule has 4 aliphatic carbocycles. The van der Waals surface area contributed by atoms with Crippen molar-refractivity contribution in [2.75, 3.05) is 6.61 Å². The smallest absolute Gasteiger partial charge is 0.434 e. The molecule has 0 aromatic carbocycles. The molecule has 4 fully saturated rings. The van der Waals surface area contributed by atoms with Gasteiger partial charge in [-0.25, -0.2) is 4.79 Å². The van der Waals surface area contributed by atoms with Gasteiger partial charge in [0.2, 0.25) is 0 Å². The van der Waals surface area contributed by atoms with Crippen molar-refractivity contribution >= 4 is 11.9 Å². The molecule has 0 aliphatic heterocycles. The minimum atomic E-state index is -0.584. The topological polar surface area (TPSA) is 52.6 Å². The molecular weight excluding hydrogens is 256 g/mol. The lowest BCUT2D eigenvalue weighted by Crippen LogP contribution is -2.53. The molecule has 4 saturated carbocycles. The van der Waals surface area contributed by atoms with Crippen LogP contribution in [-0.2, 0) is 14.3 Å². The van der Waals surface area contributed by atoms with Gasteiger partial charge in [0.15, 0.2) is 0 Å². The van der Waals surface area contributed by atoms with E-state index in [0.29, 0.717) is 18.3 Å². The number of ketones is 1. The highest BCUT2D eigenvalue weighted by molar-refractivity contribution is 5.85. The minimum absolute atomic E-state index is 0.0430. The molecule has 2 unspecified atom stereocenters. The first kappa shape index (κ1) is 13.9. The van der Waals surface area contributed by atoms with E-state index >= 15 is 0 Å². The van der Waals surface area contributed by atoms with Gasteiger partial charge in [0.1, 0.15) is 18.0 Å². The number of rotatable bonds is 2. The van der Waals surface area contributed by atoms with Crippen molar-refractivity contribution in [1.29, 1.82) is 0 Å². The SMILES string of the molecule is CC(C)(C)OC(=O)OCC12CC3CC(C1)C(=O)C(C3)C2. The second-order valence-corrected chi connectivity index (χ2v) is 8.00. The molecule has 0 spiro atoms. The van der Waals surface area contributed by atoms with Gasteiger partial charge in [-0.3, -0.25) is 4.79 Å². The van der Waals surface area contributed by atoms with Crippen LogP contribution in [0.4, 0.5) is 4.79 Å². The van der Waals surface area contributed by atoms with Crippen LogP contribution >= 0.6 is 0 Å². The molecule has 4 heteroatoms. The van der Waals surface area contributed by atoms with Gasteiger partial charge in [-0.2, -0.15) is 0 Å². The first-order valence-electron chi connectivity index (χ1n) is 7.66. The Kier molecular flexibility index (Phi) is 3.11. The third-order valence-corrected chi connectivity index (χ3v) is 5.01.